The number of rotatable bonds is 6. The van der Waals surface area contributed by atoms with Crippen molar-refractivity contribution in [2.24, 2.45) is 0 Å². The average Bonchev–Trinajstić information content (AvgIpc) is 2.72. The number of carbonyl (C=O) groups is 1. The van der Waals surface area contributed by atoms with Gasteiger partial charge in [0.15, 0.2) is 18.2 Å². The molecule has 8 nitrogen and oxygen atoms in total. The Labute approximate surface area is 191 Å². The molecule has 2 heterocycles. The standard InChI is InChI=1S/C19H20Cl2F3N5O3/c1-11(13-3-2-12(20)8-14(13)21)26-16-15(32-10-19(22,23)24)9-25-17(27-16)28-4-6-29(7-5-28)18(30)31/h2-3,8-9,11H,4-7,10H2,1H3,(H,30,31)(H,25,26,27). The molecule has 2 N–H and O–H groups in total. The number of carboxylic acid groups (broad SMARTS) is 1. The Morgan fingerprint density at radius 2 is 1.97 bits per heavy atom. The van der Waals surface area contributed by atoms with Gasteiger partial charge in [-0.15, -0.1) is 0 Å². The number of benzene rings is 1. The van der Waals surface area contributed by atoms with Crippen molar-refractivity contribution >= 4 is 41.1 Å². The Kier molecular flexibility index (Phi) is 7.40. The molecule has 1 aliphatic heterocycles. The first-order chi connectivity index (χ1) is 15.0. The minimum atomic E-state index is -4.53. The van der Waals surface area contributed by atoms with Crippen LogP contribution in [-0.4, -0.2) is 65.0 Å². The van der Waals surface area contributed by atoms with Crippen LogP contribution in [0.5, 0.6) is 5.75 Å². The van der Waals surface area contributed by atoms with Crippen molar-refractivity contribution in [3.63, 3.8) is 0 Å². The molecule has 32 heavy (non-hydrogen) atoms. The van der Waals surface area contributed by atoms with Crippen molar-refractivity contribution in [2.45, 2.75) is 19.1 Å². The summed E-state index contributed by atoms with van der Waals surface area (Å²) in [5.41, 5.74) is 0.660. The number of piperazine rings is 1. The number of hydrogen-bond acceptors (Lipinski definition) is 6. The topological polar surface area (TPSA) is 90.8 Å². The number of nitrogens with zero attached hydrogens (tertiary/aromatic N) is 4. The van der Waals surface area contributed by atoms with Crippen LogP contribution in [0.3, 0.4) is 0 Å². The number of hydrogen-bond donors (Lipinski definition) is 2. The van der Waals surface area contributed by atoms with Gasteiger partial charge >= 0.3 is 12.3 Å². The Morgan fingerprint density at radius 3 is 2.56 bits per heavy atom. The average molecular weight is 494 g/mol. The quantitative estimate of drug-likeness (QED) is 0.602. The van der Waals surface area contributed by atoms with Crippen molar-refractivity contribution in [1.82, 2.24) is 14.9 Å². The predicted molar refractivity (Wildman–Crippen MR) is 114 cm³/mol. The van der Waals surface area contributed by atoms with Gasteiger partial charge in [-0.3, -0.25) is 0 Å². The lowest BCUT2D eigenvalue weighted by molar-refractivity contribution is -0.153. The van der Waals surface area contributed by atoms with Gasteiger partial charge < -0.3 is 25.0 Å². The third kappa shape index (κ3) is 6.19. The van der Waals surface area contributed by atoms with E-state index in [0.717, 1.165) is 6.20 Å². The normalized spacial score (nSPS) is 15.4. The fourth-order valence-corrected chi connectivity index (χ4v) is 3.69. The second-order valence-electron chi connectivity index (χ2n) is 7.08. The Morgan fingerprint density at radius 1 is 1.28 bits per heavy atom. The van der Waals surface area contributed by atoms with Gasteiger partial charge in [-0.25, -0.2) is 9.78 Å². The molecule has 1 fully saturated rings. The Hall–Kier alpha value is -2.66. The van der Waals surface area contributed by atoms with E-state index in [-0.39, 0.29) is 30.6 Å². The van der Waals surface area contributed by atoms with Crippen LogP contribution < -0.4 is 15.0 Å². The molecule has 1 atom stereocenters. The predicted octanol–water partition coefficient (Wildman–Crippen LogP) is 4.70. The minimum Gasteiger partial charge on any atom is -0.479 e. The van der Waals surface area contributed by atoms with Crippen LogP contribution in [0.4, 0.5) is 29.7 Å². The molecular formula is C19H20Cl2F3N5O3. The van der Waals surface area contributed by atoms with E-state index in [1.165, 1.54) is 4.90 Å². The van der Waals surface area contributed by atoms with Crippen LogP contribution in [-0.2, 0) is 0 Å². The van der Waals surface area contributed by atoms with Crippen molar-refractivity contribution in [2.75, 3.05) is 43.0 Å². The van der Waals surface area contributed by atoms with Gasteiger partial charge in [0.25, 0.3) is 0 Å². The first-order valence-electron chi connectivity index (χ1n) is 9.54. The van der Waals surface area contributed by atoms with Gasteiger partial charge in [0.05, 0.1) is 12.2 Å². The first-order valence-corrected chi connectivity index (χ1v) is 10.3. The smallest absolute Gasteiger partial charge is 0.422 e. The molecule has 0 radical (unpaired) electrons. The van der Waals surface area contributed by atoms with Crippen LogP contribution in [0.2, 0.25) is 10.0 Å². The molecule has 1 aromatic carbocycles. The van der Waals surface area contributed by atoms with Crippen molar-refractivity contribution in [1.29, 1.82) is 0 Å². The number of halogens is 5. The van der Waals surface area contributed by atoms with Crippen LogP contribution >= 0.6 is 23.2 Å². The third-order valence-corrected chi connectivity index (χ3v) is 5.31. The molecule has 0 saturated carbocycles. The van der Waals surface area contributed by atoms with E-state index in [9.17, 15) is 18.0 Å². The fourth-order valence-electron chi connectivity index (χ4n) is 3.12. The first kappa shape index (κ1) is 24.0. The molecular weight excluding hydrogens is 474 g/mol. The lowest BCUT2D eigenvalue weighted by Crippen LogP contribution is -2.48. The van der Waals surface area contributed by atoms with Crippen LogP contribution in [0.1, 0.15) is 18.5 Å². The number of nitrogens with one attached hydrogen (secondary N) is 1. The van der Waals surface area contributed by atoms with Gasteiger partial charge in [-0.2, -0.15) is 18.2 Å². The van der Waals surface area contributed by atoms with Gasteiger partial charge in [-0.1, -0.05) is 29.3 Å². The number of anilines is 2. The maximum absolute atomic E-state index is 12.7. The highest BCUT2D eigenvalue weighted by Crippen LogP contribution is 2.32. The molecule has 0 aliphatic carbocycles. The lowest BCUT2D eigenvalue weighted by atomic mass is 10.1. The molecule has 1 unspecified atom stereocenters. The molecule has 1 amide bonds. The summed E-state index contributed by atoms with van der Waals surface area (Å²) < 4.78 is 43.0. The van der Waals surface area contributed by atoms with Crippen LogP contribution in [0, 0.1) is 0 Å². The Balaban J connectivity index is 1.84. The van der Waals surface area contributed by atoms with E-state index in [2.05, 4.69) is 15.3 Å². The highest BCUT2D eigenvalue weighted by atomic mass is 35.5. The highest BCUT2D eigenvalue weighted by Gasteiger charge is 2.30. The highest BCUT2D eigenvalue weighted by molar-refractivity contribution is 6.35. The molecule has 0 spiro atoms. The minimum absolute atomic E-state index is 0.0541. The molecule has 1 aliphatic rings. The summed E-state index contributed by atoms with van der Waals surface area (Å²) >= 11 is 12.2. The van der Waals surface area contributed by atoms with Gasteiger partial charge in [0.2, 0.25) is 5.95 Å². The summed E-state index contributed by atoms with van der Waals surface area (Å²) in [4.78, 5) is 22.6. The number of aromatic nitrogens is 2. The molecule has 1 saturated heterocycles. The van der Waals surface area contributed by atoms with E-state index in [1.54, 1.807) is 30.0 Å². The summed E-state index contributed by atoms with van der Waals surface area (Å²) in [6.07, 6.45) is -4.39. The molecule has 174 valence electrons. The van der Waals surface area contributed by atoms with Crippen molar-refractivity contribution in [3.8, 4) is 5.75 Å². The third-order valence-electron chi connectivity index (χ3n) is 4.75. The van der Waals surface area contributed by atoms with E-state index in [4.69, 9.17) is 33.0 Å². The van der Waals surface area contributed by atoms with E-state index < -0.39 is 24.9 Å². The van der Waals surface area contributed by atoms with E-state index in [1.807, 2.05) is 0 Å². The van der Waals surface area contributed by atoms with Crippen molar-refractivity contribution < 1.29 is 27.8 Å². The molecule has 0 bridgehead atoms. The number of alkyl halides is 3. The molecule has 3 rings (SSSR count). The second-order valence-corrected chi connectivity index (χ2v) is 7.92. The van der Waals surface area contributed by atoms with Gasteiger partial charge in [-0.05, 0) is 24.6 Å². The zero-order chi connectivity index (χ0) is 23.5. The van der Waals surface area contributed by atoms with E-state index in [0.29, 0.717) is 28.7 Å². The second kappa shape index (κ2) is 9.86. The van der Waals surface area contributed by atoms with Gasteiger partial charge in [0.1, 0.15) is 0 Å². The van der Waals surface area contributed by atoms with Crippen LogP contribution in [0.15, 0.2) is 24.4 Å². The van der Waals surface area contributed by atoms with E-state index >= 15 is 0 Å². The molecule has 1 aromatic heterocycles. The lowest BCUT2D eigenvalue weighted by Gasteiger charge is -2.33. The summed E-state index contributed by atoms with van der Waals surface area (Å²) in [6.45, 7) is 1.45. The zero-order valence-corrected chi connectivity index (χ0v) is 18.4. The maximum Gasteiger partial charge on any atom is 0.422 e. The summed E-state index contributed by atoms with van der Waals surface area (Å²) in [5.74, 6) is 0.122. The van der Waals surface area contributed by atoms with Gasteiger partial charge in [0, 0.05) is 36.2 Å². The monoisotopic (exact) mass is 493 g/mol. The number of amides is 1. The Bertz CT molecular complexity index is 972. The zero-order valence-electron chi connectivity index (χ0n) is 16.9. The summed E-state index contributed by atoms with van der Waals surface area (Å²) in [5, 5.41) is 12.9. The fraction of sp³-hybridized carbons (Fsp3) is 0.421. The number of ether oxygens (including phenoxy) is 1. The summed E-state index contributed by atoms with van der Waals surface area (Å²) in [7, 11) is 0. The van der Waals surface area contributed by atoms with Crippen LogP contribution in [0.25, 0.3) is 0 Å². The van der Waals surface area contributed by atoms with Crippen molar-refractivity contribution in [3.05, 3.63) is 40.0 Å². The largest absolute Gasteiger partial charge is 0.479 e. The molecule has 13 heteroatoms. The summed E-state index contributed by atoms with van der Waals surface area (Å²) in [6, 6.07) is 4.46. The molecule has 2 aromatic rings. The SMILES string of the molecule is CC(Nc1nc(N2CCN(C(=O)O)CC2)ncc1OCC(F)(F)F)c1ccc(Cl)cc1Cl. The maximum atomic E-state index is 12.7.